The van der Waals surface area contributed by atoms with Crippen LogP contribution in [0.5, 0.6) is 0 Å². The maximum absolute atomic E-state index is 14.0. The van der Waals surface area contributed by atoms with Gasteiger partial charge in [0.1, 0.15) is 0 Å². The zero-order chi connectivity index (χ0) is 33.2. The van der Waals surface area contributed by atoms with Gasteiger partial charge < -0.3 is 0 Å². The molecule has 0 amide bonds. The third kappa shape index (κ3) is 4.39. The second-order valence-corrected chi connectivity index (χ2v) is 12.2. The van der Waals surface area contributed by atoms with Crippen LogP contribution < -0.4 is 5.56 Å². The summed E-state index contributed by atoms with van der Waals surface area (Å²) in [4.78, 5) is 38.6. The van der Waals surface area contributed by atoms with E-state index < -0.39 is 0 Å². The minimum Gasteiger partial charge on any atom is -0.277 e. The molecular weight excluding hydrogens is 619 g/mol. The van der Waals surface area contributed by atoms with E-state index in [0.717, 1.165) is 49.8 Å². The maximum atomic E-state index is 14.0. The average molecular weight is 644 g/mol. The topological polar surface area (TPSA) is 90.3 Å². The molecule has 10 rings (SSSR count). The first-order chi connectivity index (χ1) is 24.7. The lowest BCUT2D eigenvalue weighted by Crippen LogP contribution is -2.18. The molecule has 234 valence electrons. The Labute approximate surface area is 284 Å². The molecule has 6 aromatic carbocycles. The number of rotatable bonds is 4. The van der Waals surface area contributed by atoms with Crippen molar-refractivity contribution < 1.29 is 0 Å². The summed E-state index contributed by atoms with van der Waals surface area (Å²) in [7, 11) is 0. The largest absolute Gasteiger partial charge is 0.277 e. The molecule has 0 saturated heterocycles. The summed E-state index contributed by atoms with van der Waals surface area (Å²) < 4.78 is 3.70. The molecule has 0 aliphatic heterocycles. The lowest BCUT2D eigenvalue weighted by atomic mass is 10.0. The van der Waals surface area contributed by atoms with Crippen LogP contribution in [-0.2, 0) is 0 Å². The SMILES string of the molecule is O=c1c2ccccc2nc2c3ccccc3n3c4cc(-c5cccc(-c6nc(-c7ccccc7)nc(-c7ccccc7)n6)c5)ccc4nc3n12. The second-order valence-electron chi connectivity index (χ2n) is 12.2. The first-order valence-electron chi connectivity index (χ1n) is 16.3. The maximum Gasteiger partial charge on any atom is 0.268 e. The average Bonchev–Trinajstić information content (AvgIpc) is 3.57. The van der Waals surface area contributed by atoms with Crippen molar-refractivity contribution in [3.8, 4) is 45.3 Å². The van der Waals surface area contributed by atoms with E-state index >= 15 is 0 Å². The summed E-state index contributed by atoms with van der Waals surface area (Å²) >= 11 is 0. The second kappa shape index (κ2) is 11.0. The summed E-state index contributed by atoms with van der Waals surface area (Å²) in [6, 6.07) is 49.9. The molecule has 0 saturated carbocycles. The Morgan fingerprint density at radius 2 is 0.960 bits per heavy atom. The van der Waals surface area contributed by atoms with Crippen molar-refractivity contribution in [3.63, 3.8) is 0 Å². The van der Waals surface area contributed by atoms with Crippen LogP contribution in [-0.4, -0.2) is 33.7 Å². The minimum absolute atomic E-state index is 0.147. The molecule has 50 heavy (non-hydrogen) atoms. The van der Waals surface area contributed by atoms with Gasteiger partial charge in [-0.15, -0.1) is 0 Å². The van der Waals surface area contributed by atoms with E-state index in [-0.39, 0.29) is 5.56 Å². The number of benzene rings is 6. The van der Waals surface area contributed by atoms with Crippen LogP contribution >= 0.6 is 0 Å². The minimum atomic E-state index is -0.147. The number of nitrogens with zero attached hydrogens (tertiary/aromatic N) is 7. The highest BCUT2D eigenvalue weighted by atomic mass is 16.1. The lowest BCUT2D eigenvalue weighted by Gasteiger charge is -2.11. The predicted molar refractivity (Wildman–Crippen MR) is 198 cm³/mol. The van der Waals surface area contributed by atoms with E-state index in [9.17, 15) is 4.79 Å². The summed E-state index contributed by atoms with van der Waals surface area (Å²) in [5.74, 6) is 2.34. The highest BCUT2D eigenvalue weighted by Gasteiger charge is 2.18. The van der Waals surface area contributed by atoms with E-state index in [1.165, 1.54) is 0 Å². The van der Waals surface area contributed by atoms with Crippen LogP contribution in [0.15, 0.2) is 156 Å². The van der Waals surface area contributed by atoms with Gasteiger partial charge in [-0.3, -0.25) is 9.20 Å². The summed E-state index contributed by atoms with van der Waals surface area (Å²) in [6.45, 7) is 0. The van der Waals surface area contributed by atoms with Crippen LogP contribution in [0.3, 0.4) is 0 Å². The van der Waals surface area contributed by atoms with Crippen LogP contribution in [0.4, 0.5) is 0 Å². The third-order valence-electron chi connectivity index (χ3n) is 9.15. The van der Waals surface area contributed by atoms with Crippen molar-refractivity contribution in [2.45, 2.75) is 0 Å². The van der Waals surface area contributed by atoms with E-state index in [0.29, 0.717) is 39.8 Å². The molecule has 0 spiro atoms. The van der Waals surface area contributed by atoms with Gasteiger partial charge in [0.05, 0.1) is 27.5 Å². The number of fused-ring (bicyclic) bond motifs is 9. The van der Waals surface area contributed by atoms with Gasteiger partial charge in [0.2, 0.25) is 5.78 Å². The molecule has 8 nitrogen and oxygen atoms in total. The van der Waals surface area contributed by atoms with E-state index in [1.807, 2.05) is 127 Å². The molecule has 4 heterocycles. The Kier molecular flexibility index (Phi) is 6.16. The summed E-state index contributed by atoms with van der Waals surface area (Å²) in [6.07, 6.45) is 0. The van der Waals surface area contributed by atoms with Crippen molar-refractivity contribution in [2.24, 2.45) is 0 Å². The fourth-order valence-corrected chi connectivity index (χ4v) is 6.76. The highest BCUT2D eigenvalue weighted by molar-refractivity contribution is 5.99. The van der Waals surface area contributed by atoms with Gasteiger partial charge in [0.15, 0.2) is 23.1 Å². The van der Waals surface area contributed by atoms with Crippen molar-refractivity contribution in [1.29, 1.82) is 0 Å². The van der Waals surface area contributed by atoms with Crippen molar-refractivity contribution in [2.75, 3.05) is 0 Å². The van der Waals surface area contributed by atoms with Crippen molar-refractivity contribution in [1.82, 2.24) is 33.7 Å². The Balaban J connectivity index is 1.17. The molecule has 0 aliphatic rings. The van der Waals surface area contributed by atoms with Crippen LogP contribution in [0.2, 0.25) is 0 Å². The zero-order valence-electron chi connectivity index (χ0n) is 26.5. The first-order valence-corrected chi connectivity index (χ1v) is 16.3. The molecule has 0 fully saturated rings. The normalized spacial score (nSPS) is 11.7. The Bertz CT molecular complexity index is 2950. The molecule has 4 aromatic heterocycles. The standard InChI is InChI=1S/C42H25N7O/c50-41-31-18-7-9-20-33(31)43-40-32-19-8-10-21-35(32)48-36-25-29(22-23-34(36)44-42(48)49(40)41)28-16-11-17-30(24-28)39-46-37(26-12-3-1-4-13-26)45-38(47-39)27-14-5-2-6-15-27/h1-25H. The predicted octanol–water partition coefficient (Wildman–Crippen LogP) is 8.65. The molecule has 0 aliphatic carbocycles. The fraction of sp³-hybridized carbons (Fsp3) is 0. The molecular formula is C42H25N7O. The quantitative estimate of drug-likeness (QED) is 0.141. The number of para-hydroxylation sites is 2. The Hall–Kier alpha value is -7.06. The van der Waals surface area contributed by atoms with Gasteiger partial charge in [-0.25, -0.2) is 29.3 Å². The van der Waals surface area contributed by atoms with E-state index in [4.69, 9.17) is 24.9 Å². The summed E-state index contributed by atoms with van der Waals surface area (Å²) in [5.41, 5.74) is 8.40. The summed E-state index contributed by atoms with van der Waals surface area (Å²) in [5, 5.41) is 1.42. The molecule has 0 unspecified atom stereocenters. The molecule has 0 N–H and O–H groups in total. The molecule has 8 heteroatoms. The van der Waals surface area contributed by atoms with Gasteiger partial charge in [-0.05, 0) is 53.6 Å². The first kappa shape index (κ1) is 28.0. The Morgan fingerprint density at radius 3 is 1.70 bits per heavy atom. The van der Waals surface area contributed by atoms with Crippen molar-refractivity contribution >= 4 is 44.3 Å². The van der Waals surface area contributed by atoms with Gasteiger partial charge in [-0.1, -0.05) is 109 Å². The monoisotopic (exact) mass is 643 g/mol. The number of imidazole rings is 1. The molecule has 0 radical (unpaired) electrons. The Morgan fingerprint density at radius 1 is 0.380 bits per heavy atom. The van der Waals surface area contributed by atoms with Gasteiger partial charge in [0, 0.05) is 22.1 Å². The van der Waals surface area contributed by atoms with Gasteiger partial charge in [0.25, 0.3) is 5.56 Å². The van der Waals surface area contributed by atoms with Crippen LogP contribution in [0, 0.1) is 0 Å². The highest BCUT2D eigenvalue weighted by Crippen LogP contribution is 2.32. The van der Waals surface area contributed by atoms with Crippen LogP contribution in [0.25, 0.3) is 89.6 Å². The molecule has 0 bridgehead atoms. The van der Waals surface area contributed by atoms with Gasteiger partial charge in [-0.2, -0.15) is 0 Å². The smallest absolute Gasteiger partial charge is 0.268 e. The zero-order valence-corrected chi connectivity index (χ0v) is 26.5. The van der Waals surface area contributed by atoms with E-state index in [2.05, 4.69) is 28.7 Å². The van der Waals surface area contributed by atoms with Crippen molar-refractivity contribution in [3.05, 3.63) is 162 Å². The third-order valence-corrected chi connectivity index (χ3v) is 9.15. The van der Waals surface area contributed by atoms with Crippen LogP contribution in [0.1, 0.15) is 0 Å². The number of hydrogen-bond donors (Lipinski definition) is 0. The fourth-order valence-electron chi connectivity index (χ4n) is 6.76. The number of hydrogen-bond acceptors (Lipinski definition) is 6. The molecule has 10 aromatic rings. The van der Waals surface area contributed by atoms with E-state index in [1.54, 1.807) is 4.40 Å². The number of aromatic nitrogens is 7. The lowest BCUT2D eigenvalue weighted by molar-refractivity contribution is 1.05. The van der Waals surface area contributed by atoms with Gasteiger partial charge >= 0.3 is 0 Å². The molecule has 0 atom stereocenters.